The molecule has 0 aliphatic rings. The van der Waals surface area contributed by atoms with Crippen LogP contribution in [0.5, 0.6) is 0 Å². The Hall–Kier alpha value is -1.29. The molecular formula is C10H13ClN2O2. The molecule has 1 aromatic rings. The van der Waals surface area contributed by atoms with Gasteiger partial charge in [0.15, 0.2) is 0 Å². The summed E-state index contributed by atoms with van der Waals surface area (Å²) in [5.74, 6) is -0.419. The van der Waals surface area contributed by atoms with Crippen LogP contribution in [0.2, 0.25) is 5.15 Å². The minimum atomic E-state index is -0.419. The highest BCUT2D eigenvalue weighted by Crippen LogP contribution is 2.19. The molecule has 0 aliphatic heterocycles. The molecule has 0 unspecified atom stereocenters. The summed E-state index contributed by atoms with van der Waals surface area (Å²) in [5.41, 5.74) is 1.05. The quantitative estimate of drug-likeness (QED) is 0.635. The molecule has 0 fully saturated rings. The molecule has 0 atom stereocenters. The summed E-state index contributed by atoms with van der Waals surface area (Å²) in [5, 5.41) is 3.44. The van der Waals surface area contributed by atoms with Gasteiger partial charge < -0.3 is 10.1 Å². The highest BCUT2D eigenvalue weighted by atomic mass is 35.5. The fourth-order valence-electron chi connectivity index (χ4n) is 1.11. The van der Waals surface area contributed by atoms with Crippen molar-refractivity contribution in [1.82, 2.24) is 4.98 Å². The second-order valence-corrected chi connectivity index (χ2v) is 3.36. The van der Waals surface area contributed by atoms with Crippen molar-refractivity contribution in [2.45, 2.75) is 13.3 Å². The second kappa shape index (κ2) is 5.56. The molecule has 1 aromatic heterocycles. The first-order chi connectivity index (χ1) is 7.19. The maximum absolute atomic E-state index is 11.4. The Morgan fingerprint density at radius 2 is 2.40 bits per heavy atom. The van der Waals surface area contributed by atoms with Gasteiger partial charge in [-0.2, -0.15) is 0 Å². The van der Waals surface area contributed by atoms with Gasteiger partial charge in [-0.15, -0.1) is 0 Å². The Morgan fingerprint density at radius 3 is 3.00 bits per heavy atom. The highest BCUT2D eigenvalue weighted by Gasteiger charge is 2.12. The second-order valence-electron chi connectivity index (χ2n) is 2.97. The molecule has 1 rings (SSSR count). The lowest BCUT2D eigenvalue weighted by Gasteiger charge is -2.09. The molecule has 15 heavy (non-hydrogen) atoms. The van der Waals surface area contributed by atoms with Crippen LogP contribution in [0.1, 0.15) is 23.7 Å². The normalized spacial score (nSPS) is 9.80. The Bertz CT molecular complexity index is 355. The summed E-state index contributed by atoms with van der Waals surface area (Å²) >= 11 is 5.74. The van der Waals surface area contributed by atoms with E-state index in [2.05, 4.69) is 15.0 Å². The van der Waals surface area contributed by atoms with E-state index in [1.165, 1.54) is 13.3 Å². The van der Waals surface area contributed by atoms with Crippen LogP contribution in [-0.2, 0) is 4.74 Å². The number of halogens is 1. The van der Waals surface area contributed by atoms with Crippen LogP contribution in [0.4, 0.5) is 5.69 Å². The number of hydrogen-bond donors (Lipinski definition) is 1. The summed E-state index contributed by atoms with van der Waals surface area (Å²) < 4.78 is 4.63. The predicted octanol–water partition coefficient (Wildman–Crippen LogP) is 2.34. The molecule has 0 amide bonds. The molecule has 0 bridgehead atoms. The number of rotatable bonds is 4. The molecule has 1 heterocycles. The number of anilines is 1. The summed E-state index contributed by atoms with van der Waals surface area (Å²) in [6.45, 7) is 2.80. The molecule has 0 aliphatic carbocycles. The van der Waals surface area contributed by atoms with E-state index in [1.807, 2.05) is 6.92 Å². The van der Waals surface area contributed by atoms with Crippen LogP contribution in [0.3, 0.4) is 0 Å². The fraction of sp³-hybridized carbons (Fsp3) is 0.400. The van der Waals surface area contributed by atoms with Gasteiger partial charge in [0.05, 0.1) is 12.8 Å². The number of carbonyl (C=O) groups excluding carboxylic acids is 1. The lowest BCUT2D eigenvalue weighted by molar-refractivity contribution is 0.0601. The van der Waals surface area contributed by atoms with E-state index >= 15 is 0 Å². The largest absolute Gasteiger partial charge is 0.465 e. The zero-order valence-corrected chi connectivity index (χ0v) is 9.47. The van der Waals surface area contributed by atoms with E-state index in [0.717, 1.165) is 13.0 Å². The van der Waals surface area contributed by atoms with Crippen molar-refractivity contribution >= 4 is 23.3 Å². The minimum Gasteiger partial charge on any atom is -0.465 e. The van der Waals surface area contributed by atoms with Gasteiger partial charge in [-0.05, 0) is 12.5 Å². The third-order valence-electron chi connectivity index (χ3n) is 1.84. The third-order valence-corrected chi connectivity index (χ3v) is 2.05. The maximum atomic E-state index is 11.4. The van der Waals surface area contributed by atoms with E-state index in [0.29, 0.717) is 16.4 Å². The SMILES string of the molecule is CCCNc1cc(Cl)ncc1C(=O)OC. The van der Waals surface area contributed by atoms with Gasteiger partial charge >= 0.3 is 5.97 Å². The van der Waals surface area contributed by atoms with E-state index in [1.54, 1.807) is 6.07 Å². The van der Waals surface area contributed by atoms with Gasteiger partial charge in [-0.1, -0.05) is 18.5 Å². The number of carbonyl (C=O) groups is 1. The standard InChI is InChI=1S/C10H13ClN2O2/c1-3-4-12-8-5-9(11)13-6-7(8)10(14)15-2/h5-6H,3-4H2,1-2H3,(H,12,13). The molecular weight excluding hydrogens is 216 g/mol. The zero-order chi connectivity index (χ0) is 11.3. The van der Waals surface area contributed by atoms with Gasteiger partial charge in [0, 0.05) is 12.7 Å². The molecule has 0 aromatic carbocycles. The van der Waals surface area contributed by atoms with Crippen molar-refractivity contribution in [1.29, 1.82) is 0 Å². The molecule has 1 N–H and O–H groups in total. The summed E-state index contributed by atoms with van der Waals surface area (Å²) in [6, 6.07) is 1.61. The lowest BCUT2D eigenvalue weighted by atomic mass is 10.2. The van der Waals surface area contributed by atoms with Gasteiger partial charge in [-0.25, -0.2) is 9.78 Å². The minimum absolute atomic E-state index is 0.348. The number of hydrogen-bond acceptors (Lipinski definition) is 4. The van der Waals surface area contributed by atoms with Crippen LogP contribution in [0.15, 0.2) is 12.3 Å². The third kappa shape index (κ3) is 3.09. The van der Waals surface area contributed by atoms with Crippen LogP contribution >= 0.6 is 11.6 Å². The fourth-order valence-corrected chi connectivity index (χ4v) is 1.27. The van der Waals surface area contributed by atoms with Crippen LogP contribution in [0, 0.1) is 0 Å². The molecule has 82 valence electrons. The van der Waals surface area contributed by atoms with Crippen molar-refractivity contribution in [2.24, 2.45) is 0 Å². The van der Waals surface area contributed by atoms with Crippen LogP contribution in [-0.4, -0.2) is 24.6 Å². The number of nitrogens with one attached hydrogen (secondary N) is 1. The average Bonchev–Trinajstić information content (AvgIpc) is 2.25. The predicted molar refractivity (Wildman–Crippen MR) is 59.4 cm³/mol. The summed E-state index contributed by atoms with van der Waals surface area (Å²) in [4.78, 5) is 15.2. The maximum Gasteiger partial charge on any atom is 0.341 e. The van der Waals surface area contributed by atoms with E-state index in [9.17, 15) is 4.79 Å². The number of pyridine rings is 1. The Kier molecular flexibility index (Phi) is 4.37. The first-order valence-electron chi connectivity index (χ1n) is 4.66. The van der Waals surface area contributed by atoms with E-state index in [-0.39, 0.29) is 0 Å². The lowest BCUT2D eigenvalue weighted by Crippen LogP contribution is -2.09. The van der Waals surface area contributed by atoms with Gasteiger partial charge in [0.1, 0.15) is 10.7 Å². The monoisotopic (exact) mass is 228 g/mol. The first-order valence-corrected chi connectivity index (χ1v) is 5.04. The van der Waals surface area contributed by atoms with Crippen LogP contribution in [0.25, 0.3) is 0 Å². The first kappa shape index (κ1) is 11.8. The van der Waals surface area contributed by atoms with E-state index < -0.39 is 5.97 Å². The smallest absolute Gasteiger partial charge is 0.341 e. The number of nitrogens with zero attached hydrogens (tertiary/aromatic N) is 1. The van der Waals surface area contributed by atoms with Gasteiger partial charge in [0.25, 0.3) is 0 Å². The molecule has 0 spiro atoms. The molecule has 0 saturated heterocycles. The van der Waals surface area contributed by atoms with Gasteiger partial charge in [-0.3, -0.25) is 0 Å². The zero-order valence-electron chi connectivity index (χ0n) is 8.71. The molecule has 5 heteroatoms. The topological polar surface area (TPSA) is 51.2 Å². The number of ether oxygens (including phenoxy) is 1. The number of methoxy groups -OCH3 is 1. The van der Waals surface area contributed by atoms with Crippen molar-refractivity contribution in [2.75, 3.05) is 19.0 Å². The Morgan fingerprint density at radius 1 is 1.67 bits per heavy atom. The summed E-state index contributed by atoms with van der Waals surface area (Å²) in [7, 11) is 1.33. The highest BCUT2D eigenvalue weighted by molar-refractivity contribution is 6.29. The number of aromatic nitrogens is 1. The Labute approximate surface area is 93.6 Å². The van der Waals surface area contributed by atoms with Crippen molar-refractivity contribution in [3.63, 3.8) is 0 Å². The molecule has 4 nitrogen and oxygen atoms in total. The number of esters is 1. The Balaban J connectivity index is 2.97. The molecule has 0 radical (unpaired) electrons. The van der Waals surface area contributed by atoms with Crippen molar-refractivity contribution < 1.29 is 9.53 Å². The van der Waals surface area contributed by atoms with Crippen molar-refractivity contribution in [3.8, 4) is 0 Å². The van der Waals surface area contributed by atoms with Crippen molar-refractivity contribution in [3.05, 3.63) is 23.0 Å². The summed E-state index contributed by atoms with van der Waals surface area (Å²) in [6.07, 6.45) is 2.37. The average molecular weight is 229 g/mol. The van der Waals surface area contributed by atoms with Crippen LogP contribution < -0.4 is 5.32 Å². The van der Waals surface area contributed by atoms with E-state index in [4.69, 9.17) is 11.6 Å². The van der Waals surface area contributed by atoms with Gasteiger partial charge in [0.2, 0.25) is 0 Å². The molecule has 0 saturated carbocycles.